The third-order valence-electron chi connectivity index (χ3n) is 4.96. The van der Waals surface area contributed by atoms with Crippen LogP contribution in [0.1, 0.15) is 52.2 Å². The minimum Gasteiger partial charge on any atom is -0.361 e. The van der Waals surface area contributed by atoms with Crippen molar-refractivity contribution in [3.8, 4) is 11.1 Å². The Bertz CT molecular complexity index is 944. The number of nitrogens with zero attached hydrogens (tertiary/aromatic N) is 5. The second-order valence-corrected chi connectivity index (χ2v) is 6.87. The van der Waals surface area contributed by atoms with E-state index in [1.54, 1.807) is 12.4 Å². The molecule has 0 unspecified atom stereocenters. The zero-order valence-electron chi connectivity index (χ0n) is 15.6. The third kappa shape index (κ3) is 3.20. The molecule has 1 saturated heterocycles. The third-order valence-corrected chi connectivity index (χ3v) is 4.96. The van der Waals surface area contributed by atoms with Crippen molar-refractivity contribution >= 4 is 5.91 Å². The molecule has 1 aliphatic rings. The topological polar surface area (TPSA) is 85.0 Å². The second kappa shape index (κ2) is 6.90. The Balaban J connectivity index is 1.59. The number of carbonyl (C=O) groups excluding carboxylic acids is 1. The number of rotatable bonds is 3. The number of aromatic nitrogens is 4. The minimum absolute atomic E-state index is 0.0423. The van der Waals surface area contributed by atoms with E-state index < -0.39 is 0 Å². The Labute approximate surface area is 157 Å². The predicted molar refractivity (Wildman–Crippen MR) is 99.0 cm³/mol. The minimum atomic E-state index is -0.0957. The number of hydrogen-bond donors (Lipinski definition) is 0. The molecule has 7 nitrogen and oxygen atoms in total. The maximum absolute atomic E-state index is 12.9. The molecule has 4 heterocycles. The highest BCUT2D eigenvalue weighted by atomic mass is 16.5. The van der Waals surface area contributed by atoms with Crippen molar-refractivity contribution in [2.45, 2.75) is 39.7 Å². The van der Waals surface area contributed by atoms with Gasteiger partial charge >= 0.3 is 0 Å². The molecule has 0 spiro atoms. The first-order chi connectivity index (χ1) is 13.0. The summed E-state index contributed by atoms with van der Waals surface area (Å²) in [5.41, 5.74) is 4.84. The summed E-state index contributed by atoms with van der Waals surface area (Å²) in [6, 6.07) is 3.96. The van der Waals surface area contributed by atoms with Crippen LogP contribution < -0.4 is 0 Å². The number of pyridine rings is 1. The van der Waals surface area contributed by atoms with Crippen LogP contribution in [0.2, 0.25) is 0 Å². The number of likely N-dealkylation sites (tertiary alicyclic amines) is 1. The van der Waals surface area contributed by atoms with Crippen molar-refractivity contribution in [1.29, 1.82) is 0 Å². The van der Waals surface area contributed by atoms with Gasteiger partial charge in [-0.2, -0.15) is 0 Å². The van der Waals surface area contributed by atoms with Gasteiger partial charge in [0.2, 0.25) is 0 Å². The van der Waals surface area contributed by atoms with Crippen LogP contribution in [-0.4, -0.2) is 37.5 Å². The van der Waals surface area contributed by atoms with Crippen LogP contribution in [-0.2, 0) is 0 Å². The standard InChI is InChI=1S/C20H21N5O2/c1-12-9-22-17(11-21-12)20(26)25-8-4-5-18(25)16-7-6-15(10-23-16)19-13(2)24-27-14(19)3/h6-7,9-11,18H,4-5,8H2,1-3H3/t18-/m0/s1. The van der Waals surface area contributed by atoms with Gasteiger partial charge in [-0.25, -0.2) is 4.98 Å². The largest absolute Gasteiger partial charge is 0.361 e. The van der Waals surface area contributed by atoms with Gasteiger partial charge in [-0.1, -0.05) is 11.2 Å². The maximum atomic E-state index is 12.9. The summed E-state index contributed by atoms with van der Waals surface area (Å²) in [7, 11) is 0. The zero-order valence-corrected chi connectivity index (χ0v) is 15.6. The quantitative estimate of drug-likeness (QED) is 0.709. The van der Waals surface area contributed by atoms with Gasteiger partial charge < -0.3 is 9.42 Å². The zero-order chi connectivity index (χ0) is 19.0. The van der Waals surface area contributed by atoms with Crippen LogP contribution in [0.4, 0.5) is 0 Å². The van der Waals surface area contributed by atoms with Crippen LogP contribution >= 0.6 is 0 Å². The van der Waals surface area contributed by atoms with Crippen LogP contribution in [0.15, 0.2) is 35.2 Å². The first kappa shape index (κ1) is 17.3. The molecule has 0 aromatic carbocycles. The van der Waals surface area contributed by atoms with E-state index in [2.05, 4.69) is 20.1 Å². The fraction of sp³-hybridized carbons (Fsp3) is 0.350. The number of carbonyl (C=O) groups is 1. The Morgan fingerprint density at radius 1 is 1.11 bits per heavy atom. The molecule has 1 amide bonds. The van der Waals surface area contributed by atoms with Crippen molar-refractivity contribution in [3.63, 3.8) is 0 Å². The molecule has 0 saturated carbocycles. The molecule has 0 N–H and O–H groups in total. The molecular formula is C20H21N5O2. The smallest absolute Gasteiger partial charge is 0.274 e. The van der Waals surface area contributed by atoms with E-state index >= 15 is 0 Å². The van der Waals surface area contributed by atoms with Gasteiger partial charge in [0.15, 0.2) is 0 Å². The lowest BCUT2D eigenvalue weighted by Gasteiger charge is -2.24. The number of aryl methyl sites for hydroxylation is 3. The van der Waals surface area contributed by atoms with Crippen molar-refractivity contribution in [3.05, 3.63) is 59.3 Å². The highest BCUT2D eigenvalue weighted by Gasteiger charge is 2.32. The van der Waals surface area contributed by atoms with E-state index in [9.17, 15) is 4.79 Å². The van der Waals surface area contributed by atoms with Gasteiger partial charge in [-0.05, 0) is 39.7 Å². The molecule has 0 bridgehead atoms. The molecule has 7 heteroatoms. The highest BCUT2D eigenvalue weighted by molar-refractivity contribution is 5.92. The molecule has 0 aliphatic carbocycles. The van der Waals surface area contributed by atoms with Crippen molar-refractivity contribution in [2.75, 3.05) is 6.54 Å². The lowest BCUT2D eigenvalue weighted by molar-refractivity contribution is 0.0726. The monoisotopic (exact) mass is 363 g/mol. The molecule has 1 atom stereocenters. The summed E-state index contributed by atoms with van der Waals surface area (Å²) >= 11 is 0. The highest BCUT2D eigenvalue weighted by Crippen LogP contribution is 2.33. The Kier molecular flexibility index (Phi) is 4.43. The summed E-state index contributed by atoms with van der Waals surface area (Å²) in [6.07, 6.45) is 6.83. The number of hydrogen-bond acceptors (Lipinski definition) is 6. The molecule has 3 aromatic rings. The fourth-order valence-electron chi connectivity index (χ4n) is 3.61. The van der Waals surface area contributed by atoms with E-state index in [1.807, 2.05) is 44.0 Å². The van der Waals surface area contributed by atoms with Crippen molar-refractivity contribution in [2.24, 2.45) is 0 Å². The molecule has 3 aromatic heterocycles. The van der Waals surface area contributed by atoms with Crippen molar-refractivity contribution in [1.82, 2.24) is 25.0 Å². The van der Waals surface area contributed by atoms with Gasteiger partial charge in [-0.3, -0.25) is 14.8 Å². The molecule has 0 radical (unpaired) electrons. The molecule has 1 fully saturated rings. The van der Waals surface area contributed by atoms with Crippen LogP contribution in [0.5, 0.6) is 0 Å². The summed E-state index contributed by atoms with van der Waals surface area (Å²) in [4.78, 5) is 27.8. The van der Waals surface area contributed by atoms with Gasteiger partial charge in [0.25, 0.3) is 5.91 Å². The first-order valence-corrected chi connectivity index (χ1v) is 9.03. The van der Waals surface area contributed by atoms with E-state index in [4.69, 9.17) is 4.52 Å². The van der Waals surface area contributed by atoms with Crippen LogP contribution in [0.3, 0.4) is 0 Å². The molecule has 138 valence electrons. The molecule has 1 aliphatic heterocycles. The van der Waals surface area contributed by atoms with Gasteiger partial charge in [0.1, 0.15) is 11.5 Å². The summed E-state index contributed by atoms with van der Waals surface area (Å²) in [5.74, 6) is 0.680. The Morgan fingerprint density at radius 2 is 1.96 bits per heavy atom. The van der Waals surface area contributed by atoms with Gasteiger partial charge in [0, 0.05) is 30.1 Å². The summed E-state index contributed by atoms with van der Waals surface area (Å²) < 4.78 is 5.24. The number of amides is 1. The van der Waals surface area contributed by atoms with Gasteiger partial charge in [-0.15, -0.1) is 0 Å². The normalized spacial score (nSPS) is 16.7. The average Bonchev–Trinajstić information content (AvgIpc) is 3.29. The van der Waals surface area contributed by atoms with E-state index in [1.165, 1.54) is 0 Å². The van der Waals surface area contributed by atoms with Gasteiger partial charge in [0.05, 0.1) is 29.3 Å². The Hall–Kier alpha value is -3.09. The Morgan fingerprint density at radius 3 is 2.59 bits per heavy atom. The predicted octanol–water partition coefficient (Wildman–Crippen LogP) is 3.43. The van der Waals surface area contributed by atoms with E-state index in [0.29, 0.717) is 12.2 Å². The molecular weight excluding hydrogens is 342 g/mol. The molecule has 4 rings (SSSR count). The maximum Gasteiger partial charge on any atom is 0.274 e. The van der Waals surface area contributed by atoms with Crippen molar-refractivity contribution < 1.29 is 9.32 Å². The lowest BCUT2D eigenvalue weighted by atomic mass is 10.0. The first-order valence-electron chi connectivity index (χ1n) is 9.03. The fourth-order valence-corrected chi connectivity index (χ4v) is 3.61. The van der Waals surface area contributed by atoms with Crippen LogP contribution in [0, 0.1) is 20.8 Å². The summed E-state index contributed by atoms with van der Waals surface area (Å²) in [6.45, 7) is 6.36. The summed E-state index contributed by atoms with van der Waals surface area (Å²) in [5, 5.41) is 4.00. The van der Waals surface area contributed by atoms with E-state index in [-0.39, 0.29) is 11.9 Å². The average molecular weight is 363 g/mol. The molecule has 27 heavy (non-hydrogen) atoms. The van der Waals surface area contributed by atoms with E-state index in [0.717, 1.165) is 46.8 Å². The second-order valence-electron chi connectivity index (χ2n) is 6.87. The SMILES string of the molecule is Cc1cnc(C(=O)N2CCC[C@H]2c2ccc(-c3c(C)noc3C)cn2)cn1. The lowest BCUT2D eigenvalue weighted by Crippen LogP contribution is -2.31. The van der Waals surface area contributed by atoms with Crippen LogP contribution in [0.25, 0.3) is 11.1 Å².